The number of nitrogens with zero attached hydrogens (tertiary/aromatic N) is 2. The van der Waals surface area contributed by atoms with Crippen molar-refractivity contribution in [3.05, 3.63) is 29.1 Å². The van der Waals surface area contributed by atoms with Gasteiger partial charge in [0.1, 0.15) is 0 Å². The van der Waals surface area contributed by atoms with Crippen LogP contribution in [0.25, 0.3) is 0 Å². The smallest absolute Gasteiger partial charge is 0.257 e. The maximum Gasteiger partial charge on any atom is 0.257 e. The van der Waals surface area contributed by atoms with E-state index < -0.39 is 0 Å². The van der Waals surface area contributed by atoms with Gasteiger partial charge in [-0.3, -0.25) is 9.89 Å². The fraction of sp³-hybridized carbons (Fsp3) is 0.500. The molecule has 0 radical (unpaired) electrons. The Bertz CT molecular complexity index is 387. The Hall–Kier alpha value is -1.58. The summed E-state index contributed by atoms with van der Waals surface area (Å²) in [5.41, 5.74) is 3.24. The van der Waals surface area contributed by atoms with E-state index in [1.165, 1.54) is 0 Å². The molecule has 0 bridgehead atoms. The van der Waals surface area contributed by atoms with Crippen molar-refractivity contribution in [2.24, 2.45) is 0 Å². The van der Waals surface area contributed by atoms with Gasteiger partial charge in [-0.1, -0.05) is 12.2 Å². The summed E-state index contributed by atoms with van der Waals surface area (Å²) in [6, 6.07) is 0. The van der Waals surface area contributed by atoms with Crippen molar-refractivity contribution in [1.82, 2.24) is 15.1 Å². The zero-order valence-corrected chi connectivity index (χ0v) is 10.4. The Morgan fingerprint density at radius 3 is 2.50 bits per heavy atom. The number of aromatic amines is 1. The van der Waals surface area contributed by atoms with Gasteiger partial charge in [-0.15, -0.1) is 0 Å². The van der Waals surface area contributed by atoms with Crippen LogP contribution in [0.1, 0.15) is 35.6 Å². The lowest BCUT2D eigenvalue weighted by Crippen LogP contribution is -2.32. The predicted octanol–water partition coefficient (Wildman–Crippen LogP) is 2.06. The number of carbonyl (C=O) groups is 1. The molecular formula is C12H19N3O. The van der Waals surface area contributed by atoms with Gasteiger partial charge in [-0.25, -0.2) is 0 Å². The number of aromatic nitrogens is 2. The number of carbonyl (C=O) groups excluding carboxylic acids is 1. The minimum absolute atomic E-state index is 0.0225. The van der Waals surface area contributed by atoms with Crippen LogP contribution in [0.15, 0.2) is 12.2 Å². The van der Waals surface area contributed by atoms with E-state index >= 15 is 0 Å². The van der Waals surface area contributed by atoms with E-state index in [2.05, 4.69) is 16.8 Å². The Morgan fingerprint density at radius 1 is 1.50 bits per heavy atom. The lowest BCUT2D eigenvalue weighted by atomic mass is 10.1. The SMILES string of the molecule is C=C(C)CN(CC)C(=O)c1c(C)n[nH]c1C. The highest BCUT2D eigenvalue weighted by atomic mass is 16.2. The number of hydrogen-bond donors (Lipinski definition) is 1. The largest absolute Gasteiger partial charge is 0.335 e. The number of nitrogens with one attached hydrogen (secondary N) is 1. The van der Waals surface area contributed by atoms with E-state index in [0.717, 1.165) is 17.0 Å². The van der Waals surface area contributed by atoms with Crippen molar-refractivity contribution >= 4 is 5.91 Å². The normalized spacial score (nSPS) is 10.2. The van der Waals surface area contributed by atoms with Crippen molar-refractivity contribution in [2.45, 2.75) is 27.7 Å². The Morgan fingerprint density at radius 2 is 2.12 bits per heavy atom. The molecule has 1 N–H and O–H groups in total. The predicted molar refractivity (Wildman–Crippen MR) is 64.5 cm³/mol. The van der Waals surface area contributed by atoms with E-state index in [4.69, 9.17) is 0 Å². The van der Waals surface area contributed by atoms with Gasteiger partial charge in [-0.2, -0.15) is 5.10 Å². The first kappa shape index (κ1) is 12.5. The maximum atomic E-state index is 12.2. The second kappa shape index (κ2) is 4.96. The number of aryl methyl sites for hydroxylation is 2. The minimum Gasteiger partial charge on any atom is -0.335 e. The van der Waals surface area contributed by atoms with E-state index in [1.807, 2.05) is 27.7 Å². The summed E-state index contributed by atoms with van der Waals surface area (Å²) < 4.78 is 0. The molecule has 0 aromatic carbocycles. The third-order valence-electron chi connectivity index (χ3n) is 2.47. The molecule has 1 amide bonds. The molecule has 1 aromatic heterocycles. The summed E-state index contributed by atoms with van der Waals surface area (Å²) in [5.74, 6) is 0.0225. The molecule has 0 atom stereocenters. The average Bonchev–Trinajstić information content (AvgIpc) is 2.54. The molecule has 0 saturated carbocycles. The molecule has 4 nitrogen and oxygen atoms in total. The van der Waals surface area contributed by atoms with Gasteiger partial charge in [0.05, 0.1) is 11.3 Å². The highest BCUT2D eigenvalue weighted by molar-refractivity contribution is 5.96. The van der Waals surface area contributed by atoms with Crippen LogP contribution in [0.4, 0.5) is 0 Å². The van der Waals surface area contributed by atoms with Gasteiger partial charge in [0.25, 0.3) is 5.91 Å². The van der Waals surface area contributed by atoms with E-state index in [1.54, 1.807) is 4.90 Å². The second-order valence-electron chi connectivity index (χ2n) is 4.09. The number of likely N-dealkylation sites (N-methyl/N-ethyl adjacent to an activating group) is 1. The van der Waals surface area contributed by atoms with Crippen LogP contribution in [0, 0.1) is 13.8 Å². The molecule has 16 heavy (non-hydrogen) atoms. The van der Waals surface area contributed by atoms with Crippen molar-refractivity contribution in [2.75, 3.05) is 13.1 Å². The molecule has 0 fully saturated rings. The molecule has 0 aliphatic heterocycles. The summed E-state index contributed by atoms with van der Waals surface area (Å²) in [6.07, 6.45) is 0. The van der Waals surface area contributed by atoms with Gasteiger partial charge in [0.15, 0.2) is 0 Å². The molecule has 1 heterocycles. The molecule has 4 heteroatoms. The lowest BCUT2D eigenvalue weighted by Gasteiger charge is -2.21. The summed E-state index contributed by atoms with van der Waals surface area (Å²) in [4.78, 5) is 14.0. The van der Waals surface area contributed by atoms with Crippen LogP contribution < -0.4 is 0 Å². The molecule has 0 aliphatic rings. The first-order chi connectivity index (χ1) is 7.47. The minimum atomic E-state index is 0.0225. The average molecular weight is 221 g/mol. The molecular weight excluding hydrogens is 202 g/mol. The zero-order chi connectivity index (χ0) is 12.3. The first-order valence-electron chi connectivity index (χ1n) is 5.42. The van der Waals surface area contributed by atoms with Crippen LogP contribution in [-0.2, 0) is 0 Å². The fourth-order valence-electron chi connectivity index (χ4n) is 1.68. The number of amides is 1. The van der Waals surface area contributed by atoms with Crippen LogP contribution in [0.5, 0.6) is 0 Å². The van der Waals surface area contributed by atoms with Gasteiger partial charge in [0.2, 0.25) is 0 Å². The highest BCUT2D eigenvalue weighted by Gasteiger charge is 2.20. The summed E-state index contributed by atoms with van der Waals surface area (Å²) in [6.45, 7) is 12.7. The van der Waals surface area contributed by atoms with E-state index in [-0.39, 0.29) is 5.91 Å². The Kier molecular flexibility index (Phi) is 3.88. The molecule has 1 rings (SSSR count). The number of hydrogen-bond acceptors (Lipinski definition) is 2. The summed E-state index contributed by atoms with van der Waals surface area (Å²) in [5, 5.41) is 6.87. The van der Waals surface area contributed by atoms with Gasteiger partial charge in [-0.05, 0) is 27.7 Å². The molecule has 88 valence electrons. The van der Waals surface area contributed by atoms with Gasteiger partial charge < -0.3 is 4.90 Å². The summed E-state index contributed by atoms with van der Waals surface area (Å²) >= 11 is 0. The van der Waals surface area contributed by atoms with Crippen molar-refractivity contribution in [1.29, 1.82) is 0 Å². The van der Waals surface area contributed by atoms with Crippen LogP contribution in [0.2, 0.25) is 0 Å². The molecule has 0 spiro atoms. The lowest BCUT2D eigenvalue weighted by molar-refractivity contribution is 0.0777. The van der Waals surface area contributed by atoms with Gasteiger partial charge >= 0.3 is 0 Å². The zero-order valence-electron chi connectivity index (χ0n) is 10.4. The Labute approximate surface area is 96.3 Å². The fourth-order valence-corrected chi connectivity index (χ4v) is 1.68. The van der Waals surface area contributed by atoms with Crippen molar-refractivity contribution in [3.8, 4) is 0 Å². The van der Waals surface area contributed by atoms with E-state index in [0.29, 0.717) is 18.7 Å². The standard InChI is InChI=1S/C12H19N3O/c1-6-15(7-8(2)3)12(16)11-9(4)13-14-10(11)5/h2,6-7H2,1,3-5H3,(H,13,14). The monoisotopic (exact) mass is 221 g/mol. The Balaban J connectivity index is 2.95. The molecule has 0 aliphatic carbocycles. The molecule has 1 aromatic rings. The summed E-state index contributed by atoms with van der Waals surface area (Å²) in [7, 11) is 0. The molecule has 0 unspecified atom stereocenters. The third kappa shape index (κ3) is 2.51. The molecule has 0 saturated heterocycles. The van der Waals surface area contributed by atoms with Crippen molar-refractivity contribution < 1.29 is 4.79 Å². The van der Waals surface area contributed by atoms with Crippen LogP contribution in [-0.4, -0.2) is 34.1 Å². The first-order valence-corrected chi connectivity index (χ1v) is 5.42. The van der Waals surface area contributed by atoms with Crippen LogP contribution >= 0.6 is 0 Å². The quantitative estimate of drug-likeness (QED) is 0.791. The number of H-pyrrole nitrogens is 1. The highest BCUT2D eigenvalue weighted by Crippen LogP contribution is 2.13. The van der Waals surface area contributed by atoms with E-state index in [9.17, 15) is 4.79 Å². The second-order valence-corrected chi connectivity index (χ2v) is 4.09. The van der Waals surface area contributed by atoms with Crippen molar-refractivity contribution in [3.63, 3.8) is 0 Å². The third-order valence-corrected chi connectivity index (χ3v) is 2.47. The topological polar surface area (TPSA) is 49.0 Å². The van der Waals surface area contributed by atoms with Gasteiger partial charge in [0, 0.05) is 18.8 Å². The van der Waals surface area contributed by atoms with Crippen LogP contribution in [0.3, 0.4) is 0 Å². The maximum absolute atomic E-state index is 12.2. The number of rotatable bonds is 4.